The average molecular weight is 538 g/mol. The first kappa shape index (κ1) is 36.6. The summed E-state index contributed by atoms with van der Waals surface area (Å²) in [6.45, 7) is 14.7. The number of rotatable bonds is 24. The molecule has 0 saturated heterocycles. The minimum absolute atomic E-state index is 0.136. The van der Waals surface area contributed by atoms with Crippen LogP contribution in [0.3, 0.4) is 0 Å². The molecule has 4 atom stereocenters. The van der Waals surface area contributed by atoms with Crippen molar-refractivity contribution in [2.24, 2.45) is 23.7 Å². The Kier molecular flexibility index (Phi) is 22.7. The molecule has 5 nitrogen and oxygen atoms in total. The number of carbonyl (C=O) groups is 2. The molecule has 4 unspecified atom stereocenters. The molecule has 0 spiro atoms. The van der Waals surface area contributed by atoms with E-state index in [0.717, 1.165) is 37.1 Å². The maximum absolute atomic E-state index is 12.4. The highest BCUT2D eigenvalue weighted by atomic mass is 16.6. The summed E-state index contributed by atoms with van der Waals surface area (Å²) in [4.78, 5) is 26.7. The number of carbonyl (C=O) groups excluding carboxylic acids is 2. The molecule has 0 aromatic heterocycles. The van der Waals surface area contributed by atoms with Crippen molar-refractivity contribution >= 4 is 11.9 Å². The standard InChI is InChI=1S/C33H63NO4/c1-9-10-25-37-33(36)26-31(38-32(35)21-14-24-34(7)8)23-22-30(6)20-13-19-29(5)18-12-17-28(4)16-11-15-27(2)3/h9-10,27-31H,11-26H2,1-8H3/b10-9+. The van der Waals surface area contributed by atoms with E-state index in [1.807, 2.05) is 27.1 Å². The van der Waals surface area contributed by atoms with E-state index in [1.54, 1.807) is 6.08 Å². The molecular weight excluding hydrogens is 474 g/mol. The Balaban J connectivity index is 4.33. The summed E-state index contributed by atoms with van der Waals surface area (Å²) < 4.78 is 11.0. The molecule has 0 aliphatic rings. The summed E-state index contributed by atoms with van der Waals surface area (Å²) in [7, 11) is 3.99. The van der Waals surface area contributed by atoms with Crippen LogP contribution in [0.2, 0.25) is 0 Å². The highest BCUT2D eigenvalue weighted by Gasteiger charge is 2.20. The minimum atomic E-state index is -0.399. The minimum Gasteiger partial charge on any atom is -0.462 e. The van der Waals surface area contributed by atoms with Crippen LogP contribution in [0, 0.1) is 23.7 Å². The second kappa shape index (κ2) is 23.5. The summed E-state index contributed by atoms with van der Waals surface area (Å²) in [6.07, 6.45) is 18.1. The molecule has 0 aromatic rings. The van der Waals surface area contributed by atoms with Crippen LogP contribution in [0.4, 0.5) is 0 Å². The van der Waals surface area contributed by atoms with E-state index in [1.165, 1.54) is 57.8 Å². The zero-order valence-electron chi connectivity index (χ0n) is 26.4. The van der Waals surface area contributed by atoms with Gasteiger partial charge < -0.3 is 14.4 Å². The summed E-state index contributed by atoms with van der Waals surface area (Å²) in [6, 6.07) is 0. The van der Waals surface area contributed by atoms with Crippen LogP contribution >= 0.6 is 0 Å². The Morgan fingerprint density at radius 1 is 0.711 bits per heavy atom. The fraction of sp³-hybridized carbons (Fsp3) is 0.879. The Morgan fingerprint density at radius 3 is 1.74 bits per heavy atom. The lowest BCUT2D eigenvalue weighted by Gasteiger charge is -2.20. The van der Waals surface area contributed by atoms with Gasteiger partial charge in [-0.3, -0.25) is 9.59 Å². The molecule has 0 fully saturated rings. The van der Waals surface area contributed by atoms with Gasteiger partial charge in [-0.15, -0.1) is 0 Å². The van der Waals surface area contributed by atoms with Crippen LogP contribution in [-0.4, -0.2) is 50.2 Å². The van der Waals surface area contributed by atoms with Crippen molar-refractivity contribution in [2.75, 3.05) is 27.2 Å². The van der Waals surface area contributed by atoms with Gasteiger partial charge in [-0.25, -0.2) is 0 Å². The van der Waals surface area contributed by atoms with Crippen LogP contribution in [0.15, 0.2) is 12.2 Å². The van der Waals surface area contributed by atoms with Gasteiger partial charge in [0.25, 0.3) is 0 Å². The van der Waals surface area contributed by atoms with E-state index in [2.05, 4.69) is 39.5 Å². The fourth-order valence-corrected chi connectivity index (χ4v) is 4.88. The van der Waals surface area contributed by atoms with Gasteiger partial charge in [0, 0.05) is 6.42 Å². The fourth-order valence-electron chi connectivity index (χ4n) is 4.88. The van der Waals surface area contributed by atoms with Gasteiger partial charge in [0.1, 0.15) is 12.7 Å². The lowest BCUT2D eigenvalue weighted by atomic mass is 9.90. The molecule has 0 heterocycles. The van der Waals surface area contributed by atoms with E-state index < -0.39 is 6.10 Å². The third kappa shape index (κ3) is 23.7. The van der Waals surface area contributed by atoms with Crippen molar-refractivity contribution in [3.8, 4) is 0 Å². The van der Waals surface area contributed by atoms with Gasteiger partial charge in [-0.2, -0.15) is 0 Å². The third-order valence-corrected chi connectivity index (χ3v) is 7.50. The lowest BCUT2D eigenvalue weighted by molar-refractivity contribution is -0.155. The van der Waals surface area contributed by atoms with Crippen molar-refractivity contribution in [1.29, 1.82) is 0 Å². The monoisotopic (exact) mass is 537 g/mol. The van der Waals surface area contributed by atoms with Crippen molar-refractivity contribution in [3.05, 3.63) is 12.2 Å². The molecule has 0 N–H and O–H groups in total. The molecule has 0 aliphatic carbocycles. The molecule has 0 saturated carbocycles. The largest absolute Gasteiger partial charge is 0.462 e. The maximum atomic E-state index is 12.4. The summed E-state index contributed by atoms with van der Waals surface area (Å²) in [5, 5.41) is 0. The van der Waals surface area contributed by atoms with Crippen LogP contribution in [0.5, 0.6) is 0 Å². The van der Waals surface area contributed by atoms with E-state index in [9.17, 15) is 9.59 Å². The Labute approximate surface area is 236 Å². The number of ether oxygens (including phenoxy) is 2. The number of nitrogens with zero attached hydrogens (tertiary/aromatic N) is 1. The molecule has 0 aromatic carbocycles. The zero-order valence-corrected chi connectivity index (χ0v) is 26.4. The Hall–Kier alpha value is -1.36. The third-order valence-electron chi connectivity index (χ3n) is 7.50. The summed E-state index contributed by atoms with van der Waals surface area (Å²) in [5.41, 5.74) is 0. The van der Waals surface area contributed by atoms with Crippen molar-refractivity contribution < 1.29 is 19.1 Å². The van der Waals surface area contributed by atoms with Gasteiger partial charge >= 0.3 is 11.9 Å². The van der Waals surface area contributed by atoms with Crippen molar-refractivity contribution in [2.45, 2.75) is 138 Å². The number of esters is 2. The molecule has 0 bridgehead atoms. The summed E-state index contributed by atoms with van der Waals surface area (Å²) >= 11 is 0. The molecular formula is C33H63NO4. The average Bonchev–Trinajstić information content (AvgIpc) is 2.82. The van der Waals surface area contributed by atoms with Crippen LogP contribution in [0.1, 0.15) is 131 Å². The zero-order chi connectivity index (χ0) is 28.8. The molecule has 5 heteroatoms. The van der Waals surface area contributed by atoms with Crippen LogP contribution < -0.4 is 0 Å². The van der Waals surface area contributed by atoms with Crippen molar-refractivity contribution in [3.63, 3.8) is 0 Å². The molecule has 224 valence electrons. The quantitative estimate of drug-likeness (QED) is 0.0911. The molecule has 0 aliphatic heterocycles. The molecule has 0 amide bonds. The first-order valence-corrected chi connectivity index (χ1v) is 15.6. The number of allylic oxidation sites excluding steroid dienone is 1. The van der Waals surface area contributed by atoms with E-state index >= 15 is 0 Å². The number of hydrogen-bond donors (Lipinski definition) is 0. The second-order valence-electron chi connectivity index (χ2n) is 12.6. The van der Waals surface area contributed by atoms with E-state index in [-0.39, 0.29) is 25.0 Å². The first-order chi connectivity index (χ1) is 18.0. The normalized spacial score (nSPS) is 15.1. The van der Waals surface area contributed by atoms with Crippen LogP contribution in [0.25, 0.3) is 0 Å². The van der Waals surface area contributed by atoms with Gasteiger partial charge in [0.2, 0.25) is 0 Å². The first-order valence-electron chi connectivity index (χ1n) is 15.6. The topological polar surface area (TPSA) is 55.8 Å². The Morgan fingerprint density at radius 2 is 1.24 bits per heavy atom. The number of hydrogen-bond acceptors (Lipinski definition) is 5. The van der Waals surface area contributed by atoms with Crippen molar-refractivity contribution in [1.82, 2.24) is 4.90 Å². The van der Waals surface area contributed by atoms with Crippen LogP contribution in [-0.2, 0) is 19.1 Å². The SMILES string of the molecule is C/C=C/COC(=O)CC(CCC(C)CCCC(C)CCCC(C)CCCC(C)C)OC(=O)CCCN(C)C. The predicted octanol–water partition coefficient (Wildman–Crippen LogP) is 8.60. The van der Waals surface area contributed by atoms with Gasteiger partial charge in [0.15, 0.2) is 0 Å². The lowest BCUT2D eigenvalue weighted by Crippen LogP contribution is -2.24. The predicted molar refractivity (Wildman–Crippen MR) is 161 cm³/mol. The molecule has 0 rings (SSSR count). The smallest absolute Gasteiger partial charge is 0.309 e. The van der Waals surface area contributed by atoms with E-state index in [0.29, 0.717) is 18.8 Å². The Bertz CT molecular complexity index is 616. The van der Waals surface area contributed by atoms with E-state index in [4.69, 9.17) is 9.47 Å². The highest BCUT2D eigenvalue weighted by molar-refractivity contribution is 5.72. The highest BCUT2D eigenvalue weighted by Crippen LogP contribution is 2.24. The second-order valence-corrected chi connectivity index (χ2v) is 12.6. The molecule has 0 radical (unpaired) electrons. The molecule has 38 heavy (non-hydrogen) atoms. The maximum Gasteiger partial charge on any atom is 0.309 e. The summed E-state index contributed by atoms with van der Waals surface area (Å²) in [5.74, 6) is 2.51. The van der Waals surface area contributed by atoms with Gasteiger partial charge in [-0.05, 0) is 70.5 Å². The van der Waals surface area contributed by atoms with Gasteiger partial charge in [-0.1, -0.05) is 105 Å². The van der Waals surface area contributed by atoms with Gasteiger partial charge in [0.05, 0.1) is 6.42 Å².